The maximum atomic E-state index is 12.1. The van der Waals surface area contributed by atoms with E-state index in [4.69, 9.17) is 18.7 Å². The molecule has 10 nitrogen and oxygen atoms in total. The van der Waals surface area contributed by atoms with E-state index in [1.165, 1.54) is 12.1 Å². The SMILES string of the molecule is CCOc1ccc(-c2nc(-c3cccc4c3CC[C@H]4OC(=O)OC(C)(C)C)no2)cc1[N+](=O)[O-]. The zero-order valence-corrected chi connectivity index (χ0v) is 19.4. The van der Waals surface area contributed by atoms with Crippen LogP contribution in [0.2, 0.25) is 0 Å². The molecule has 0 fully saturated rings. The Labute approximate surface area is 196 Å². The third-order valence-corrected chi connectivity index (χ3v) is 5.21. The highest BCUT2D eigenvalue weighted by Crippen LogP contribution is 2.40. The zero-order valence-electron chi connectivity index (χ0n) is 19.4. The Hall–Kier alpha value is -3.95. The average Bonchev–Trinajstić information content (AvgIpc) is 3.40. The minimum absolute atomic E-state index is 0.151. The number of carbonyl (C=O) groups excluding carboxylic acids is 1. The van der Waals surface area contributed by atoms with Crippen LogP contribution in [0.1, 0.15) is 51.3 Å². The summed E-state index contributed by atoms with van der Waals surface area (Å²) in [5, 5.41) is 15.5. The molecule has 0 saturated heterocycles. The molecule has 0 bridgehead atoms. The summed E-state index contributed by atoms with van der Waals surface area (Å²) in [6, 6.07) is 10.1. The summed E-state index contributed by atoms with van der Waals surface area (Å²) in [5.41, 5.74) is 2.17. The van der Waals surface area contributed by atoms with Crippen molar-refractivity contribution in [1.29, 1.82) is 0 Å². The minimum Gasteiger partial charge on any atom is -0.487 e. The molecule has 34 heavy (non-hydrogen) atoms. The first-order valence-corrected chi connectivity index (χ1v) is 10.9. The van der Waals surface area contributed by atoms with Crippen molar-refractivity contribution >= 4 is 11.8 Å². The second-order valence-corrected chi connectivity index (χ2v) is 8.78. The summed E-state index contributed by atoms with van der Waals surface area (Å²) in [5.74, 6) is 0.674. The van der Waals surface area contributed by atoms with Gasteiger partial charge in [0.2, 0.25) is 5.82 Å². The second kappa shape index (κ2) is 9.12. The van der Waals surface area contributed by atoms with E-state index in [1.54, 1.807) is 33.8 Å². The lowest BCUT2D eigenvalue weighted by atomic mass is 10.0. The highest BCUT2D eigenvalue weighted by molar-refractivity contribution is 5.68. The third kappa shape index (κ3) is 4.85. The molecule has 4 rings (SSSR count). The van der Waals surface area contributed by atoms with Gasteiger partial charge < -0.3 is 18.7 Å². The normalized spacial score (nSPS) is 15.0. The van der Waals surface area contributed by atoms with Crippen molar-refractivity contribution in [3.8, 4) is 28.6 Å². The number of carbonyl (C=O) groups is 1. The predicted molar refractivity (Wildman–Crippen MR) is 121 cm³/mol. The first kappa shape index (κ1) is 23.2. The number of ether oxygens (including phenoxy) is 3. The van der Waals surface area contributed by atoms with Gasteiger partial charge >= 0.3 is 11.8 Å². The molecule has 1 aliphatic carbocycles. The average molecular weight is 467 g/mol. The van der Waals surface area contributed by atoms with Gasteiger partial charge in [-0.15, -0.1) is 0 Å². The van der Waals surface area contributed by atoms with Gasteiger partial charge in [0, 0.05) is 17.2 Å². The fourth-order valence-electron chi connectivity index (χ4n) is 3.86. The molecule has 0 unspecified atom stereocenters. The van der Waals surface area contributed by atoms with Crippen molar-refractivity contribution in [3.05, 3.63) is 57.6 Å². The summed E-state index contributed by atoms with van der Waals surface area (Å²) >= 11 is 0. The van der Waals surface area contributed by atoms with Crippen LogP contribution in [0.5, 0.6) is 5.75 Å². The smallest absolute Gasteiger partial charge is 0.487 e. The number of hydrogen-bond donors (Lipinski definition) is 0. The lowest BCUT2D eigenvalue weighted by Crippen LogP contribution is -2.25. The summed E-state index contributed by atoms with van der Waals surface area (Å²) in [6.45, 7) is 7.40. The van der Waals surface area contributed by atoms with E-state index in [2.05, 4.69) is 10.1 Å². The van der Waals surface area contributed by atoms with E-state index in [9.17, 15) is 14.9 Å². The molecule has 0 amide bonds. The quantitative estimate of drug-likeness (QED) is 0.257. The monoisotopic (exact) mass is 467 g/mol. The van der Waals surface area contributed by atoms with E-state index in [1.807, 2.05) is 18.2 Å². The summed E-state index contributed by atoms with van der Waals surface area (Å²) in [4.78, 5) is 27.5. The highest BCUT2D eigenvalue weighted by Gasteiger charge is 2.31. The van der Waals surface area contributed by atoms with Crippen molar-refractivity contribution in [2.45, 2.75) is 52.2 Å². The van der Waals surface area contributed by atoms with Crippen LogP contribution in [0.25, 0.3) is 22.8 Å². The number of fused-ring (bicyclic) bond motifs is 1. The molecule has 3 aromatic rings. The van der Waals surface area contributed by atoms with E-state index in [-0.39, 0.29) is 17.3 Å². The van der Waals surface area contributed by atoms with Crippen molar-refractivity contribution in [1.82, 2.24) is 10.1 Å². The van der Waals surface area contributed by atoms with Gasteiger partial charge in [-0.05, 0) is 63.8 Å². The Bertz CT molecular complexity index is 1230. The van der Waals surface area contributed by atoms with Gasteiger partial charge in [-0.25, -0.2) is 4.79 Å². The fraction of sp³-hybridized carbons (Fsp3) is 0.375. The summed E-state index contributed by atoms with van der Waals surface area (Å²) in [7, 11) is 0. The van der Waals surface area contributed by atoms with Crippen LogP contribution in [0.3, 0.4) is 0 Å². The number of aromatic nitrogens is 2. The van der Waals surface area contributed by atoms with Crippen molar-refractivity contribution < 1.29 is 28.5 Å². The zero-order chi connectivity index (χ0) is 24.5. The molecule has 1 heterocycles. The molecular weight excluding hydrogens is 442 g/mol. The maximum Gasteiger partial charge on any atom is 0.509 e. The second-order valence-electron chi connectivity index (χ2n) is 8.78. The van der Waals surface area contributed by atoms with Crippen LogP contribution in [-0.2, 0) is 15.9 Å². The molecule has 0 aliphatic heterocycles. The molecule has 10 heteroatoms. The number of nitro groups is 1. The molecule has 0 saturated carbocycles. The van der Waals surface area contributed by atoms with Crippen molar-refractivity contribution in [2.24, 2.45) is 0 Å². The lowest BCUT2D eigenvalue weighted by molar-refractivity contribution is -0.385. The fourth-order valence-corrected chi connectivity index (χ4v) is 3.86. The molecule has 0 N–H and O–H groups in total. The molecule has 1 aliphatic rings. The van der Waals surface area contributed by atoms with Crippen LogP contribution >= 0.6 is 0 Å². The Balaban J connectivity index is 1.60. The first-order chi connectivity index (χ1) is 16.2. The predicted octanol–water partition coefficient (Wildman–Crippen LogP) is 5.65. The topological polar surface area (TPSA) is 127 Å². The van der Waals surface area contributed by atoms with Gasteiger partial charge in [0.05, 0.1) is 11.5 Å². The number of rotatable bonds is 6. The number of nitro benzene ring substituents is 1. The highest BCUT2D eigenvalue weighted by atomic mass is 16.7. The largest absolute Gasteiger partial charge is 0.509 e. The van der Waals surface area contributed by atoms with E-state index < -0.39 is 22.8 Å². The standard InChI is InChI=1S/C24H25N3O7/c1-5-31-20-11-9-14(13-18(20)27(29)30)22-25-21(26-34-22)17-8-6-7-16-15(17)10-12-19(16)32-23(28)33-24(2,3)4/h6-9,11,13,19H,5,10,12H2,1-4H3/t19-/m1/s1. The van der Waals surface area contributed by atoms with E-state index in [0.29, 0.717) is 30.8 Å². The van der Waals surface area contributed by atoms with Gasteiger partial charge in [-0.3, -0.25) is 10.1 Å². The summed E-state index contributed by atoms with van der Waals surface area (Å²) < 4.78 is 21.6. The molecule has 1 aromatic heterocycles. The molecule has 2 aromatic carbocycles. The Morgan fingerprint density at radius 2 is 2.06 bits per heavy atom. The van der Waals surface area contributed by atoms with Gasteiger partial charge in [0.1, 0.15) is 11.7 Å². The number of benzene rings is 2. The van der Waals surface area contributed by atoms with E-state index >= 15 is 0 Å². The molecule has 0 spiro atoms. The molecule has 0 radical (unpaired) electrons. The third-order valence-electron chi connectivity index (χ3n) is 5.21. The molecule has 1 atom stereocenters. The van der Waals surface area contributed by atoms with Crippen molar-refractivity contribution in [2.75, 3.05) is 6.61 Å². The molecule has 178 valence electrons. The lowest BCUT2D eigenvalue weighted by Gasteiger charge is -2.21. The van der Waals surface area contributed by atoms with Crippen LogP contribution in [0.4, 0.5) is 10.5 Å². The minimum atomic E-state index is -0.713. The van der Waals surface area contributed by atoms with Crippen LogP contribution in [0.15, 0.2) is 40.9 Å². The van der Waals surface area contributed by atoms with Gasteiger partial charge in [-0.2, -0.15) is 4.98 Å². The van der Waals surface area contributed by atoms with Crippen molar-refractivity contribution in [3.63, 3.8) is 0 Å². The summed E-state index contributed by atoms with van der Waals surface area (Å²) in [6.07, 6.45) is 0.137. The van der Waals surface area contributed by atoms with Gasteiger partial charge in [-0.1, -0.05) is 23.4 Å². The van der Waals surface area contributed by atoms with Crippen LogP contribution < -0.4 is 4.74 Å². The first-order valence-electron chi connectivity index (χ1n) is 10.9. The van der Waals surface area contributed by atoms with Gasteiger partial charge in [0.15, 0.2) is 5.75 Å². The van der Waals surface area contributed by atoms with Gasteiger partial charge in [0.25, 0.3) is 5.89 Å². The number of nitrogens with zero attached hydrogens (tertiary/aromatic N) is 3. The Kier molecular flexibility index (Phi) is 6.23. The Morgan fingerprint density at radius 1 is 1.26 bits per heavy atom. The van der Waals surface area contributed by atoms with Crippen LogP contribution in [-0.4, -0.2) is 33.4 Å². The number of hydrogen-bond acceptors (Lipinski definition) is 9. The Morgan fingerprint density at radius 3 is 2.76 bits per heavy atom. The van der Waals surface area contributed by atoms with E-state index in [0.717, 1.165) is 16.7 Å². The maximum absolute atomic E-state index is 12.1. The molecular formula is C24H25N3O7. The van der Waals surface area contributed by atoms with Crippen LogP contribution in [0, 0.1) is 10.1 Å².